The fourth-order valence-electron chi connectivity index (χ4n) is 4.85. The molecule has 6 nitrogen and oxygen atoms in total. The van der Waals surface area contributed by atoms with E-state index in [4.69, 9.17) is 19.4 Å². The average Bonchev–Trinajstić information content (AvgIpc) is 3.05. The summed E-state index contributed by atoms with van der Waals surface area (Å²) in [6, 6.07) is 9.28. The third kappa shape index (κ3) is 3.63. The summed E-state index contributed by atoms with van der Waals surface area (Å²) in [5.74, 6) is 1.82. The molecule has 0 radical (unpaired) electrons. The molecule has 3 aliphatic rings. The minimum absolute atomic E-state index is 0.398. The Morgan fingerprint density at radius 1 is 1.21 bits per heavy atom. The summed E-state index contributed by atoms with van der Waals surface area (Å²) in [5, 5.41) is 0. The van der Waals surface area contributed by atoms with Gasteiger partial charge in [-0.05, 0) is 18.9 Å². The highest BCUT2D eigenvalue weighted by Crippen LogP contribution is 2.44. The van der Waals surface area contributed by atoms with Crippen LogP contribution in [0.25, 0.3) is 0 Å². The van der Waals surface area contributed by atoms with E-state index in [0.717, 1.165) is 51.0 Å². The molecule has 2 aromatic rings. The third-order valence-corrected chi connectivity index (χ3v) is 6.29. The fraction of sp³-hybridized carbons (Fsp3) is 0.478. The summed E-state index contributed by atoms with van der Waals surface area (Å²) in [7, 11) is 0. The Balaban J connectivity index is 1.37. The van der Waals surface area contributed by atoms with Gasteiger partial charge in [-0.3, -0.25) is 4.90 Å². The van der Waals surface area contributed by atoms with Crippen LogP contribution in [0.2, 0.25) is 0 Å². The molecule has 0 unspecified atom stereocenters. The number of hydrogen-bond acceptors (Lipinski definition) is 6. The van der Waals surface area contributed by atoms with Crippen molar-refractivity contribution < 1.29 is 9.47 Å². The van der Waals surface area contributed by atoms with Crippen molar-refractivity contribution in [3.8, 4) is 5.75 Å². The maximum atomic E-state index is 5.89. The number of anilines is 1. The van der Waals surface area contributed by atoms with Gasteiger partial charge in [0.05, 0.1) is 18.9 Å². The monoisotopic (exact) mass is 392 g/mol. The van der Waals surface area contributed by atoms with Gasteiger partial charge in [-0.15, -0.1) is 0 Å². The first kappa shape index (κ1) is 18.6. The average molecular weight is 393 g/mol. The first-order valence-corrected chi connectivity index (χ1v) is 10.6. The molecule has 0 aliphatic carbocycles. The molecule has 0 amide bonds. The van der Waals surface area contributed by atoms with Crippen molar-refractivity contribution in [2.45, 2.75) is 37.9 Å². The summed E-state index contributed by atoms with van der Waals surface area (Å²) in [6.45, 7) is 8.45. The molecule has 4 heterocycles. The lowest BCUT2D eigenvalue weighted by atomic mass is 9.98. The van der Waals surface area contributed by atoms with Crippen molar-refractivity contribution >= 4 is 5.95 Å². The number of nitrogens with zero attached hydrogens (tertiary/aromatic N) is 4. The summed E-state index contributed by atoms with van der Waals surface area (Å²) in [5.41, 5.74) is 3.78. The van der Waals surface area contributed by atoms with Gasteiger partial charge in [-0.25, -0.2) is 9.97 Å². The lowest BCUT2D eigenvalue weighted by Gasteiger charge is -2.36. The van der Waals surface area contributed by atoms with Gasteiger partial charge >= 0.3 is 0 Å². The molecular weight excluding hydrogens is 364 g/mol. The smallest absolute Gasteiger partial charge is 0.225 e. The third-order valence-electron chi connectivity index (χ3n) is 6.29. The van der Waals surface area contributed by atoms with Crippen molar-refractivity contribution in [3.63, 3.8) is 0 Å². The molecule has 29 heavy (non-hydrogen) atoms. The van der Waals surface area contributed by atoms with Crippen LogP contribution in [-0.4, -0.2) is 53.8 Å². The minimum atomic E-state index is 0.398. The molecule has 1 aromatic carbocycles. The van der Waals surface area contributed by atoms with E-state index in [2.05, 4.69) is 40.8 Å². The number of aromatic nitrogens is 2. The maximum Gasteiger partial charge on any atom is 0.225 e. The molecule has 2 atom stereocenters. The van der Waals surface area contributed by atoms with E-state index in [-0.39, 0.29) is 0 Å². The SMILES string of the molecule is C=CCOc1ccccc1CN1[C@@H]2CC[C@@H]1c1cnc(N3CCOCC3)nc1C2. The van der Waals surface area contributed by atoms with Crippen LogP contribution >= 0.6 is 0 Å². The molecule has 0 spiro atoms. The van der Waals surface area contributed by atoms with Gasteiger partial charge in [0, 0.05) is 55.5 Å². The van der Waals surface area contributed by atoms with E-state index in [1.165, 1.54) is 29.7 Å². The van der Waals surface area contributed by atoms with Crippen LogP contribution in [-0.2, 0) is 17.7 Å². The number of hydrogen-bond donors (Lipinski definition) is 0. The Hall–Kier alpha value is -2.44. The van der Waals surface area contributed by atoms with Crippen molar-refractivity contribution in [2.75, 3.05) is 37.8 Å². The predicted octanol–water partition coefficient (Wildman–Crippen LogP) is 3.14. The van der Waals surface area contributed by atoms with Gasteiger partial charge in [-0.1, -0.05) is 30.9 Å². The van der Waals surface area contributed by atoms with Gasteiger partial charge < -0.3 is 14.4 Å². The molecule has 1 aromatic heterocycles. The second-order valence-electron chi connectivity index (χ2n) is 8.00. The van der Waals surface area contributed by atoms with Gasteiger partial charge in [0.25, 0.3) is 0 Å². The van der Waals surface area contributed by atoms with Crippen LogP contribution in [0.4, 0.5) is 5.95 Å². The molecule has 2 saturated heterocycles. The maximum absolute atomic E-state index is 5.89. The van der Waals surface area contributed by atoms with Gasteiger partial charge in [0.1, 0.15) is 12.4 Å². The van der Waals surface area contributed by atoms with Gasteiger partial charge in [-0.2, -0.15) is 0 Å². The number of para-hydroxylation sites is 1. The zero-order chi connectivity index (χ0) is 19.6. The van der Waals surface area contributed by atoms with Crippen molar-refractivity contribution in [1.82, 2.24) is 14.9 Å². The summed E-state index contributed by atoms with van der Waals surface area (Å²) in [6.07, 6.45) is 7.26. The molecule has 152 valence electrons. The normalized spacial score (nSPS) is 23.7. The van der Waals surface area contributed by atoms with Crippen LogP contribution in [0, 0.1) is 0 Å². The van der Waals surface area contributed by atoms with E-state index < -0.39 is 0 Å². The molecule has 3 aliphatic heterocycles. The Bertz CT molecular complexity index is 881. The second-order valence-corrected chi connectivity index (χ2v) is 8.00. The highest BCUT2D eigenvalue weighted by Gasteiger charge is 2.41. The molecule has 0 N–H and O–H groups in total. The molecular formula is C23H28N4O2. The number of fused-ring (bicyclic) bond motifs is 4. The Morgan fingerprint density at radius 3 is 2.93 bits per heavy atom. The quantitative estimate of drug-likeness (QED) is 0.704. The summed E-state index contributed by atoms with van der Waals surface area (Å²) in [4.78, 5) is 14.6. The zero-order valence-electron chi connectivity index (χ0n) is 16.8. The highest BCUT2D eigenvalue weighted by molar-refractivity contribution is 5.39. The fourth-order valence-corrected chi connectivity index (χ4v) is 4.85. The van der Waals surface area contributed by atoms with Crippen LogP contribution < -0.4 is 9.64 Å². The molecule has 0 saturated carbocycles. The molecule has 2 fully saturated rings. The van der Waals surface area contributed by atoms with Crippen LogP contribution in [0.15, 0.2) is 43.1 Å². The van der Waals surface area contributed by atoms with Gasteiger partial charge in [0.15, 0.2) is 0 Å². The Kier molecular flexibility index (Phi) is 5.21. The van der Waals surface area contributed by atoms with Gasteiger partial charge in [0.2, 0.25) is 5.95 Å². The van der Waals surface area contributed by atoms with Crippen molar-refractivity contribution in [1.29, 1.82) is 0 Å². The zero-order valence-corrected chi connectivity index (χ0v) is 16.8. The number of rotatable bonds is 6. The van der Waals surface area contributed by atoms with Crippen LogP contribution in [0.5, 0.6) is 5.75 Å². The molecule has 6 heteroatoms. The largest absolute Gasteiger partial charge is 0.489 e. The van der Waals surface area contributed by atoms with Crippen molar-refractivity contribution in [2.24, 2.45) is 0 Å². The van der Waals surface area contributed by atoms with E-state index in [0.29, 0.717) is 18.7 Å². The second kappa shape index (κ2) is 8.13. The predicted molar refractivity (Wildman–Crippen MR) is 112 cm³/mol. The minimum Gasteiger partial charge on any atom is -0.489 e. The number of benzene rings is 1. The lowest BCUT2D eigenvalue weighted by Crippen LogP contribution is -2.40. The lowest BCUT2D eigenvalue weighted by molar-refractivity contribution is 0.122. The van der Waals surface area contributed by atoms with E-state index in [1.807, 2.05) is 6.07 Å². The summed E-state index contributed by atoms with van der Waals surface area (Å²) < 4.78 is 11.3. The van der Waals surface area contributed by atoms with Crippen LogP contribution in [0.1, 0.15) is 35.7 Å². The number of morpholine rings is 1. The molecule has 5 rings (SSSR count). The number of ether oxygens (including phenoxy) is 2. The van der Waals surface area contributed by atoms with E-state index in [1.54, 1.807) is 6.08 Å². The van der Waals surface area contributed by atoms with E-state index in [9.17, 15) is 0 Å². The first-order chi connectivity index (χ1) is 14.3. The van der Waals surface area contributed by atoms with E-state index >= 15 is 0 Å². The summed E-state index contributed by atoms with van der Waals surface area (Å²) >= 11 is 0. The van der Waals surface area contributed by atoms with Crippen molar-refractivity contribution in [3.05, 3.63) is 59.9 Å². The highest BCUT2D eigenvalue weighted by atomic mass is 16.5. The Labute approximate surface area is 172 Å². The standard InChI is InChI=1S/C23H28N4O2/c1-2-11-29-22-6-4-3-5-17(22)16-27-18-7-8-21(27)19-15-24-23(25-20(19)14-18)26-9-12-28-13-10-26/h2-6,15,18,21H,1,7-14,16H2/t18-,21-/m1/s1. The first-order valence-electron chi connectivity index (χ1n) is 10.6. The van der Waals surface area contributed by atoms with Crippen LogP contribution in [0.3, 0.4) is 0 Å². The topological polar surface area (TPSA) is 50.7 Å². The Morgan fingerprint density at radius 2 is 2.07 bits per heavy atom. The molecule has 2 bridgehead atoms.